The second kappa shape index (κ2) is 7.71. The largest absolute Gasteiger partial charge is 0.481 e. The fraction of sp³-hybridized carbons (Fsp3) is 0.667. The summed E-state index contributed by atoms with van der Waals surface area (Å²) in [5.41, 5.74) is 0. The maximum Gasteiger partial charge on any atom is 0.317 e. The quantitative estimate of drug-likeness (QED) is 0.171. The molecule has 0 aliphatic rings. The predicted molar refractivity (Wildman–Crippen MR) is 53.3 cm³/mol. The van der Waals surface area contributed by atoms with E-state index in [4.69, 9.17) is 15.3 Å². The number of aldehydes is 1. The third-order valence-corrected chi connectivity index (χ3v) is 1.94. The average Bonchev–Trinajstić information content (AvgIpc) is 2.32. The molecule has 0 aromatic carbocycles. The van der Waals surface area contributed by atoms with Crippen molar-refractivity contribution >= 4 is 18.2 Å². The summed E-state index contributed by atoms with van der Waals surface area (Å²) in [6, 6.07) is 0. The minimum atomic E-state index is -1.95. The molecule has 5 N–H and O–H groups in total. The lowest BCUT2D eigenvalue weighted by atomic mass is 10.0. The van der Waals surface area contributed by atoms with Crippen LogP contribution in [0.2, 0.25) is 0 Å². The van der Waals surface area contributed by atoms with Crippen molar-refractivity contribution in [1.82, 2.24) is 0 Å². The lowest BCUT2D eigenvalue weighted by molar-refractivity contribution is -0.160. The van der Waals surface area contributed by atoms with Gasteiger partial charge < -0.3 is 35.1 Å². The number of rotatable bonds is 8. The highest BCUT2D eigenvalue weighted by Gasteiger charge is 2.30. The summed E-state index contributed by atoms with van der Waals surface area (Å²) < 4.78 is 4.29. The Morgan fingerprint density at radius 1 is 1.11 bits per heavy atom. The van der Waals surface area contributed by atoms with Gasteiger partial charge >= 0.3 is 11.9 Å². The van der Waals surface area contributed by atoms with Gasteiger partial charge in [0, 0.05) is 0 Å². The standard InChI is InChI=1S/C9H14O9/c10-2-4(11)8(16)9(17)5(12)3-18-7(15)1-6(13)14/h2,4-5,8-9,11-12,16-17H,1,3H2,(H,13,14)/t4-,5+,8+,9+/m0/s1. The smallest absolute Gasteiger partial charge is 0.317 e. The third-order valence-electron chi connectivity index (χ3n) is 1.94. The molecule has 0 aromatic heterocycles. The summed E-state index contributed by atoms with van der Waals surface area (Å²) in [4.78, 5) is 31.0. The fourth-order valence-electron chi connectivity index (χ4n) is 0.962. The van der Waals surface area contributed by atoms with E-state index in [0.29, 0.717) is 0 Å². The van der Waals surface area contributed by atoms with Gasteiger partial charge in [0.25, 0.3) is 0 Å². The van der Waals surface area contributed by atoms with Crippen LogP contribution in [0.5, 0.6) is 0 Å². The molecule has 0 bridgehead atoms. The number of carbonyl (C=O) groups excluding carboxylic acids is 2. The Morgan fingerprint density at radius 3 is 2.11 bits per heavy atom. The minimum Gasteiger partial charge on any atom is -0.481 e. The van der Waals surface area contributed by atoms with Crippen LogP contribution < -0.4 is 0 Å². The van der Waals surface area contributed by atoms with Gasteiger partial charge in [-0.05, 0) is 0 Å². The molecule has 0 amide bonds. The Hall–Kier alpha value is -1.55. The molecule has 0 spiro atoms. The third kappa shape index (κ3) is 5.68. The second-order valence-corrected chi connectivity index (χ2v) is 3.43. The van der Waals surface area contributed by atoms with E-state index in [1.165, 1.54) is 0 Å². The number of aliphatic hydroxyl groups excluding tert-OH is 4. The van der Waals surface area contributed by atoms with Crippen molar-refractivity contribution < 1.29 is 44.7 Å². The molecular weight excluding hydrogens is 252 g/mol. The van der Waals surface area contributed by atoms with E-state index in [0.717, 1.165) is 0 Å². The van der Waals surface area contributed by atoms with Crippen LogP contribution >= 0.6 is 0 Å². The van der Waals surface area contributed by atoms with Gasteiger partial charge in [0.05, 0.1) is 0 Å². The first-order valence-electron chi connectivity index (χ1n) is 4.84. The van der Waals surface area contributed by atoms with Crippen LogP contribution in [-0.2, 0) is 19.1 Å². The molecule has 0 unspecified atom stereocenters. The normalized spacial score (nSPS) is 17.3. The molecule has 0 saturated carbocycles. The fourth-order valence-corrected chi connectivity index (χ4v) is 0.962. The van der Waals surface area contributed by atoms with E-state index >= 15 is 0 Å². The summed E-state index contributed by atoms with van der Waals surface area (Å²) >= 11 is 0. The number of carbonyl (C=O) groups is 3. The van der Waals surface area contributed by atoms with Crippen LogP contribution in [0.3, 0.4) is 0 Å². The highest BCUT2D eigenvalue weighted by atomic mass is 16.5. The molecule has 9 nitrogen and oxygen atoms in total. The highest BCUT2D eigenvalue weighted by molar-refractivity contribution is 5.90. The number of carboxylic acid groups (broad SMARTS) is 1. The van der Waals surface area contributed by atoms with Crippen LogP contribution in [0.1, 0.15) is 6.42 Å². The maximum absolute atomic E-state index is 10.8. The van der Waals surface area contributed by atoms with Crippen molar-refractivity contribution in [1.29, 1.82) is 0 Å². The van der Waals surface area contributed by atoms with E-state index in [1.54, 1.807) is 0 Å². The Balaban J connectivity index is 4.15. The van der Waals surface area contributed by atoms with Crippen LogP contribution in [0.4, 0.5) is 0 Å². The molecule has 4 atom stereocenters. The van der Waals surface area contributed by atoms with Crippen molar-refractivity contribution in [2.75, 3.05) is 6.61 Å². The minimum absolute atomic E-state index is 0.0446. The molecule has 0 aliphatic heterocycles. The van der Waals surface area contributed by atoms with Crippen molar-refractivity contribution in [3.8, 4) is 0 Å². The van der Waals surface area contributed by atoms with Gasteiger partial charge in [-0.3, -0.25) is 9.59 Å². The summed E-state index contributed by atoms with van der Waals surface area (Å²) in [5.74, 6) is -2.56. The van der Waals surface area contributed by atoms with Crippen molar-refractivity contribution in [3.05, 3.63) is 0 Å². The summed E-state index contributed by atoms with van der Waals surface area (Å²) in [5, 5.41) is 44.7. The van der Waals surface area contributed by atoms with Gasteiger partial charge in [-0.25, -0.2) is 0 Å². The van der Waals surface area contributed by atoms with Crippen LogP contribution in [0.15, 0.2) is 0 Å². The monoisotopic (exact) mass is 266 g/mol. The predicted octanol–water partition coefficient (Wildman–Crippen LogP) is -3.35. The lowest BCUT2D eigenvalue weighted by Gasteiger charge is -2.23. The maximum atomic E-state index is 10.8. The summed E-state index contributed by atoms with van der Waals surface area (Å²) in [7, 11) is 0. The van der Waals surface area contributed by atoms with Crippen LogP contribution in [0, 0.1) is 0 Å². The lowest BCUT2D eigenvalue weighted by Crippen LogP contribution is -2.46. The topological polar surface area (TPSA) is 162 Å². The number of hydrogen-bond acceptors (Lipinski definition) is 8. The Morgan fingerprint density at radius 2 is 1.67 bits per heavy atom. The molecule has 104 valence electrons. The zero-order valence-corrected chi connectivity index (χ0v) is 9.17. The van der Waals surface area contributed by atoms with E-state index in [9.17, 15) is 24.6 Å². The van der Waals surface area contributed by atoms with Gasteiger partial charge in [0.2, 0.25) is 0 Å². The number of aliphatic hydroxyl groups is 4. The molecule has 0 rings (SSSR count). The van der Waals surface area contributed by atoms with Gasteiger partial charge in [0.1, 0.15) is 37.4 Å². The van der Waals surface area contributed by atoms with Crippen molar-refractivity contribution in [2.24, 2.45) is 0 Å². The summed E-state index contributed by atoms with van der Waals surface area (Å²) in [6.07, 6.45) is -8.51. The first-order chi connectivity index (χ1) is 8.29. The van der Waals surface area contributed by atoms with E-state index in [2.05, 4.69) is 4.74 Å². The van der Waals surface area contributed by atoms with E-state index in [1.807, 2.05) is 0 Å². The zero-order valence-electron chi connectivity index (χ0n) is 9.17. The summed E-state index contributed by atoms with van der Waals surface area (Å²) in [6.45, 7) is -0.782. The molecule has 0 aromatic rings. The number of hydrogen-bond donors (Lipinski definition) is 5. The Kier molecular flexibility index (Phi) is 7.05. The molecule has 0 aliphatic carbocycles. The molecule has 0 saturated heterocycles. The van der Waals surface area contributed by atoms with Crippen molar-refractivity contribution in [2.45, 2.75) is 30.8 Å². The number of aliphatic carboxylic acids is 1. The molecule has 18 heavy (non-hydrogen) atoms. The second-order valence-electron chi connectivity index (χ2n) is 3.43. The Labute approximate surface area is 101 Å². The van der Waals surface area contributed by atoms with Gasteiger partial charge in [0.15, 0.2) is 6.29 Å². The van der Waals surface area contributed by atoms with Gasteiger partial charge in [-0.2, -0.15) is 0 Å². The van der Waals surface area contributed by atoms with E-state index < -0.39 is 49.4 Å². The Bertz CT molecular complexity index is 302. The average molecular weight is 266 g/mol. The first-order valence-corrected chi connectivity index (χ1v) is 4.84. The van der Waals surface area contributed by atoms with Crippen LogP contribution in [0.25, 0.3) is 0 Å². The number of carboxylic acids is 1. The van der Waals surface area contributed by atoms with Gasteiger partial charge in [-0.15, -0.1) is 0 Å². The first kappa shape index (κ1) is 16.4. The van der Waals surface area contributed by atoms with Crippen molar-refractivity contribution in [3.63, 3.8) is 0 Å². The number of ether oxygens (including phenoxy) is 1. The van der Waals surface area contributed by atoms with Crippen LogP contribution in [-0.4, -0.2) is 74.8 Å². The highest BCUT2D eigenvalue weighted by Crippen LogP contribution is 2.05. The number of esters is 1. The molecule has 0 heterocycles. The SMILES string of the molecule is O=C[C@H](O)[C@@H](O)[C@H](O)[C@H](O)COC(=O)CC(=O)O. The molecule has 9 heteroatoms. The molecular formula is C9H14O9. The molecule has 0 radical (unpaired) electrons. The van der Waals surface area contributed by atoms with Gasteiger partial charge in [-0.1, -0.05) is 0 Å². The molecule has 0 fully saturated rings. The zero-order chi connectivity index (χ0) is 14.3. The van der Waals surface area contributed by atoms with E-state index in [-0.39, 0.29) is 6.29 Å².